The SMILES string of the molecule is CNC(=O)C(CC(C)C)N(C)C(=O)CNC(=O)CCc1ccccc1. The lowest BCUT2D eigenvalue weighted by atomic mass is 10.0. The van der Waals surface area contributed by atoms with E-state index < -0.39 is 6.04 Å². The van der Waals surface area contributed by atoms with Crippen LogP contribution in [0.15, 0.2) is 30.3 Å². The average Bonchev–Trinajstić information content (AvgIpc) is 2.61. The van der Waals surface area contributed by atoms with Crippen molar-refractivity contribution < 1.29 is 14.4 Å². The van der Waals surface area contributed by atoms with Gasteiger partial charge in [-0.1, -0.05) is 44.2 Å². The normalized spacial score (nSPS) is 11.7. The van der Waals surface area contributed by atoms with Gasteiger partial charge < -0.3 is 15.5 Å². The van der Waals surface area contributed by atoms with Crippen LogP contribution in [0.1, 0.15) is 32.3 Å². The number of hydrogen-bond donors (Lipinski definition) is 2. The lowest BCUT2D eigenvalue weighted by molar-refractivity contribution is -0.139. The van der Waals surface area contributed by atoms with Crippen LogP contribution in [-0.4, -0.2) is 49.3 Å². The van der Waals surface area contributed by atoms with Gasteiger partial charge >= 0.3 is 0 Å². The molecular formula is C19H29N3O3. The van der Waals surface area contributed by atoms with Crippen LogP contribution in [-0.2, 0) is 20.8 Å². The molecule has 1 aromatic rings. The molecule has 3 amide bonds. The van der Waals surface area contributed by atoms with Crippen LogP contribution >= 0.6 is 0 Å². The number of benzene rings is 1. The first kappa shape index (κ1) is 20.7. The first-order chi connectivity index (χ1) is 11.8. The first-order valence-corrected chi connectivity index (χ1v) is 8.63. The number of nitrogens with zero attached hydrogens (tertiary/aromatic N) is 1. The summed E-state index contributed by atoms with van der Waals surface area (Å²) in [5.41, 5.74) is 1.08. The van der Waals surface area contributed by atoms with Gasteiger partial charge in [-0.05, 0) is 24.3 Å². The van der Waals surface area contributed by atoms with E-state index in [4.69, 9.17) is 0 Å². The maximum Gasteiger partial charge on any atom is 0.242 e. The second-order valence-corrected chi connectivity index (χ2v) is 6.53. The fraction of sp³-hybridized carbons (Fsp3) is 0.526. The van der Waals surface area contributed by atoms with Crippen LogP contribution in [0.2, 0.25) is 0 Å². The molecule has 6 nitrogen and oxygen atoms in total. The standard InChI is InChI=1S/C19H29N3O3/c1-14(2)12-16(19(25)20-3)22(4)18(24)13-21-17(23)11-10-15-8-6-5-7-9-15/h5-9,14,16H,10-13H2,1-4H3,(H,20,25)(H,21,23). The van der Waals surface area contributed by atoms with Gasteiger partial charge in [-0.25, -0.2) is 0 Å². The van der Waals surface area contributed by atoms with Gasteiger partial charge in [-0.2, -0.15) is 0 Å². The maximum atomic E-state index is 12.3. The zero-order valence-electron chi connectivity index (χ0n) is 15.5. The Morgan fingerprint density at radius 2 is 1.76 bits per heavy atom. The van der Waals surface area contributed by atoms with Gasteiger partial charge in [0, 0.05) is 20.5 Å². The Labute approximate surface area is 150 Å². The van der Waals surface area contributed by atoms with E-state index in [1.165, 1.54) is 4.90 Å². The summed E-state index contributed by atoms with van der Waals surface area (Å²) in [6.45, 7) is 3.90. The van der Waals surface area contributed by atoms with Crippen LogP contribution < -0.4 is 10.6 Å². The summed E-state index contributed by atoms with van der Waals surface area (Å²) in [5.74, 6) is -0.369. The number of carbonyl (C=O) groups excluding carboxylic acids is 3. The molecule has 0 heterocycles. The van der Waals surface area contributed by atoms with Gasteiger partial charge in [0.05, 0.1) is 6.54 Å². The van der Waals surface area contributed by atoms with E-state index in [2.05, 4.69) is 10.6 Å². The monoisotopic (exact) mass is 347 g/mol. The topological polar surface area (TPSA) is 78.5 Å². The predicted molar refractivity (Wildman–Crippen MR) is 97.9 cm³/mol. The summed E-state index contributed by atoms with van der Waals surface area (Å²) >= 11 is 0. The van der Waals surface area contributed by atoms with E-state index in [1.54, 1.807) is 14.1 Å². The molecule has 1 aromatic carbocycles. The fourth-order valence-electron chi connectivity index (χ4n) is 2.52. The summed E-state index contributed by atoms with van der Waals surface area (Å²) in [4.78, 5) is 37.6. The second kappa shape index (κ2) is 10.5. The van der Waals surface area contributed by atoms with Gasteiger partial charge in [0.2, 0.25) is 17.7 Å². The molecule has 0 fully saturated rings. The summed E-state index contributed by atoms with van der Waals surface area (Å²) in [7, 11) is 3.15. The third kappa shape index (κ3) is 7.37. The number of likely N-dealkylation sites (N-methyl/N-ethyl adjacent to an activating group) is 2. The highest BCUT2D eigenvalue weighted by molar-refractivity contribution is 5.89. The Morgan fingerprint density at radius 1 is 1.12 bits per heavy atom. The van der Waals surface area contributed by atoms with Crippen molar-refractivity contribution in [3.05, 3.63) is 35.9 Å². The number of amides is 3. The summed E-state index contributed by atoms with van der Waals surface area (Å²) in [5, 5.41) is 5.23. The van der Waals surface area contributed by atoms with Gasteiger partial charge in [0.1, 0.15) is 6.04 Å². The molecule has 0 aliphatic heterocycles. The quantitative estimate of drug-likeness (QED) is 0.708. The van der Waals surface area contributed by atoms with Crippen molar-refractivity contribution in [3.8, 4) is 0 Å². The van der Waals surface area contributed by atoms with E-state index in [9.17, 15) is 14.4 Å². The average molecular weight is 347 g/mol. The Morgan fingerprint density at radius 3 is 2.32 bits per heavy atom. The third-order valence-corrected chi connectivity index (χ3v) is 4.02. The molecule has 1 atom stereocenters. The van der Waals surface area contributed by atoms with Crippen LogP contribution in [0.5, 0.6) is 0 Å². The number of rotatable bonds is 9. The van der Waals surface area contributed by atoms with Gasteiger partial charge in [0.25, 0.3) is 0 Å². The Kier molecular flexibility index (Phi) is 8.67. The van der Waals surface area contributed by atoms with E-state index >= 15 is 0 Å². The highest BCUT2D eigenvalue weighted by atomic mass is 16.2. The summed E-state index contributed by atoms with van der Waals surface area (Å²) in [6, 6.07) is 9.19. The molecule has 0 bridgehead atoms. The molecule has 6 heteroatoms. The molecule has 0 saturated carbocycles. The van der Waals surface area contributed by atoms with Crippen molar-refractivity contribution in [1.82, 2.24) is 15.5 Å². The fourth-order valence-corrected chi connectivity index (χ4v) is 2.52. The zero-order valence-corrected chi connectivity index (χ0v) is 15.5. The first-order valence-electron chi connectivity index (χ1n) is 8.63. The Bertz CT molecular complexity index is 573. The van der Waals surface area contributed by atoms with E-state index in [-0.39, 0.29) is 30.2 Å². The van der Waals surface area contributed by atoms with Crippen molar-refractivity contribution in [1.29, 1.82) is 0 Å². The van der Waals surface area contributed by atoms with E-state index in [1.807, 2.05) is 44.2 Å². The molecular weight excluding hydrogens is 318 g/mol. The van der Waals surface area contributed by atoms with Gasteiger partial charge in [-0.15, -0.1) is 0 Å². The molecule has 0 aliphatic carbocycles. The van der Waals surface area contributed by atoms with E-state index in [0.29, 0.717) is 19.3 Å². The highest BCUT2D eigenvalue weighted by Crippen LogP contribution is 2.11. The summed E-state index contributed by atoms with van der Waals surface area (Å²) < 4.78 is 0. The minimum absolute atomic E-state index is 0.101. The van der Waals surface area contributed by atoms with Gasteiger partial charge in [0.15, 0.2) is 0 Å². The van der Waals surface area contributed by atoms with Crippen LogP contribution in [0.3, 0.4) is 0 Å². The molecule has 0 aliphatic rings. The smallest absolute Gasteiger partial charge is 0.242 e. The molecule has 25 heavy (non-hydrogen) atoms. The van der Waals surface area contributed by atoms with Crippen molar-refractivity contribution in [2.75, 3.05) is 20.6 Å². The Hall–Kier alpha value is -2.37. The zero-order chi connectivity index (χ0) is 18.8. The molecule has 138 valence electrons. The van der Waals surface area contributed by atoms with Crippen LogP contribution in [0, 0.1) is 5.92 Å². The molecule has 0 radical (unpaired) electrons. The highest BCUT2D eigenvalue weighted by Gasteiger charge is 2.26. The van der Waals surface area contributed by atoms with Gasteiger partial charge in [-0.3, -0.25) is 14.4 Å². The second-order valence-electron chi connectivity index (χ2n) is 6.53. The predicted octanol–water partition coefficient (Wildman–Crippen LogP) is 1.35. The van der Waals surface area contributed by atoms with Crippen LogP contribution in [0.4, 0.5) is 0 Å². The molecule has 2 N–H and O–H groups in total. The molecule has 1 unspecified atom stereocenters. The largest absolute Gasteiger partial charge is 0.357 e. The number of nitrogens with one attached hydrogen (secondary N) is 2. The number of carbonyl (C=O) groups is 3. The Balaban J connectivity index is 2.47. The minimum Gasteiger partial charge on any atom is -0.357 e. The van der Waals surface area contributed by atoms with Crippen molar-refractivity contribution in [2.45, 2.75) is 39.2 Å². The number of hydrogen-bond acceptors (Lipinski definition) is 3. The molecule has 0 spiro atoms. The summed E-state index contributed by atoms with van der Waals surface area (Å²) in [6.07, 6.45) is 1.53. The van der Waals surface area contributed by atoms with E-state index in [0.717, 1.165) is 5.56 Å². The lowest BCUT2D eigenvalue weighted by Crippen LogP contribution is -2.50. The van der Waals surface area contributed by atoms with Crippen molar-refractivity contribution >= 4 is 17.7 Å². The van der Waals surface area contributed by atoms with Crippen molar-refractivity contribution in [2.24, 2.45) is 5.92 Å². The van der Waals surface area contributed by atoms with Crippen LogP contribution in [0.25, 0.3) is 0 Å². The van der Waals surface area contributed by atoms with Crippen molar-refractivity contribution in [3.63, 3.8) is 0 Å². The molecule has 0 aromatic heterocycles. The third-order valence-electron chi connectivity index (χ3n) is 4.02. The minimum atomic E-state index is -0.529. The lowest BCUT2D eigenvalue weighted by Gasteiger charge is -2.28. The number of aryl methyl sites for hydroxylation is 1. The maximum absolute atomic E-state index is 12.3. The molecule has 0 saturated heterocycles. The molecule has 1 rings (SSSR count).